The molecule has 21 heavy (non-hydrogen) atoms. The first-order chi connectivity index (χ1) is 9.59. The lowest BCUT2D eigenvalue weighted by atomic mass is 10.1. The molecule has 0 spiro atoms. The highest BCUT2D eigenvalue weighted by Crippen LogP contribution is 2.33. The number of amides is 1. The van der Waals surface area contributed by atoms with Gasteiger partial charge in [0.2, 0.25) is 5.91 Å². The molecule has 0 aliphatic heterocycles. The summed E-state index contributed by atoms with van der Waals surface area (Å²) in [5.41, 5.74) is -0.700. The molecule has 0 aliphatic carbocycles. The molecule has 0 radical (unpaired) electrons. The fraction of sp³-hybridized carbons (Fsp3) is 0.500. The summed E-state index contributed by atoms with van der Waals surface area (Å²) in [6.45, 7) is 5.98. The third-order valence-electron chi connectivity index (χ3n) is 2.69. The Morgan fingerprint density at radius 1 is 1.24 bits per heavy atom. The molecule has 0 aliphatic rings. The summed E-state index contributed by atoms with van der Waals surface area (Å²) in [4.78, 5) is 11.8. The Balaban J connectivity index is 2.78. The molecule has 0 fully saturated rings. The van der Waals surface area contributed by atoms with Crippen molar-refractivity contribution >= 4 is 23.2 Å². The van der Waals surface area contributed by atoms with Crippen molar-refractivity contribution in [2.75, 3.05) is 11.9 Å². The molecule has 2 N–H and O–H groups in total. The lowest BCUT2D eigenvalue weighted by Gasteiger charge is -2.17. The molecule has 118 valence electrons. The minimum atomic E-state index is -4.48. The molecule has 0 aromatic heterocycles. The minimum Gasteiger partial charge on any atom is -0.374 e. The molecule has 7 heteroatoms. The number of alkyl halides is 3. The summed E-state index contributed by atoms with van der Waals surface area (Å²) >= 11 is 5.68. The van der Waals surface area contributed by atoms with Crippen LogP contribution in [0.1, 0.15) is 26.3 Å². The van der Waals surface area contributed by atoms with Crippen molar-refractivity contribution in [1.82, 2.24) is 5.32 Å². The topological polar surface area (TPSA) is 41.1 Å². The van der Waals surface area contributed by atoms with Gasteiger partial charge in [0.25, 0.3) is 0 Å². The van der Waals surface area contributed by atoms with E-state index in [4.69, 9.17) is 11.6 Å². The predicted octanol–water partition coefficient (Wildman–Crippen LogP) is 3.93. The number of hydrogen-bond donors (Lipinski definition) is 2. The third kappa shape index (κ3) is 5.83. The van der Waals surface area contributed by atoms with Crippen LogP contribution in [0.15, 0.2) is 18.2 Å². The molecule has 0 bridgehead atoms. The number of carbonyl (C=O) groups is 1. The molecule has 1 aromatic carbocycles. The molecule has 1 amide bonds. The van der Waals surface area contributed by atoms with Crippen LogP contribution < -0.4 is 10.6 Å². The molecule has 0 saturated carbocycles. The maximum absolute atomic E-state index is 12.7. The van der Waals surface area contributed by atoms with Crippen LogP contribution in [0.3, 0.4) is 0 Å². The summed E-state index contributed by atoms with van der Waals surface area (Å²) in [6, 6.07) is 2.46. The van der Waals surface area contributed by atoms with Gasteiger partial charge in [0.1, 0.15) is 6.04 Å². The fourth-order valence-corrected chi connectivity index (χ4v) is 1.85. The largest absolute Gasteiger partial charge is 0.416 e. The van der Waals surface area contributed by atoms with E-state index in [1.165, 1.54) is 6.07 Å². The van der Waals surface area contributed by atoms with Crippen molar-refractivity contribution in [3.05, 3.63) is 28.8 Å². The van der Waals surface area contributed by atoms with E-state index in [9.17, 15) is 18.0 Å². The zero-order chi connectivity index (χ0) is 16.2. The van der Waals surface area contributed by atoms with Crippen molar-refractivity contribution in [1.29, 1.82) is 0 Å². The highest BCUT2D eigenvalue weighted by atomic mass is 35.5. The van der Waals surface area contributed by atoms with Gasteiger partial charge < -0.3 is 10.6 Å². The second kappa shape index (κ2) is 7.02. The van der Waals surface area contributed by atoms with Crippen molar-refractivity contribution in [2.45, 2.75) is 33.0 Å². The van der Waals surface area contributed by atoms with E-state index in [0.717, 1.165) is 12.1 Å². The number of rotatable bonds is 5. The minimum absolute atomic E-state index is 0.0397. The Kier molecular flexibility index (Phi) is 5.89. The van der Waals surface area contributed by atoms with Crippen LogP contribution in [-0.2, 0) is 11.0 Å². The molecule has 0 saturated heterocycles. The van der Waals surface area contributed by atoms with Gasteiger partial charge in [0, 0.05) is 17.3 Å². The zero-order valence-electron chi connectivity index (χ0n) is 12.0. The number of benzene rings is 1. The zero-order valence-corrected chi connectivity index (χ0v) is 12.8. The van der Waals surface area contributed by atoms with Crippen LogP contribution in [0.25, 0.3) is 0 Å². The summed E-state index contributed by atoms with van der Waals surface area (Å²) in [5, 5.41) is 5.39. The molecule has 1 aromatic rings. The number of hydrogen-bond acceptors (Lipinski definition) is 2. The van der Waals surface area contributed by atoms with E-state index in [-0.39, 0.29) is 16.6 Å². The van der Waals surface area contributed by atoms with E-state index < -0.39 is 17.8 Å². The van der Waals surface area contributed by atoms with Crippen LogP contribution in [0.5, 0.6) is 0 Å². The molecular formula is C14H18ClF3N2O. The van der Waals surface area contributed by atoms with Gasteiger partial charge in [-0.25, -0.2) is 0 Å². The van der Waals surface area contributed by atoms with Gasteiger partial charge in [-0.05, 0) is 31.0 Å². The number of halogens is 4. The second-order valence-electron chi connectivity index (χ2n) is 5.23. The van der Waals surface area contributed by atoms with Crippen molar-refractivity contribution < 1.29 is 18.0 Å². The number of nitrogens with one attached hydrogen (secondary N) is 2. The van der Waals surface area contributed by atoms with Crippen molar-refractivity contribution in [2.24, 2.45) is 5.92 Å². The third-order valence-corrected chi connectivity index (χ3v) is 2.90. The fourth-order valence-electron chi connectivity index (χ4n) is 1.61. The SMILES string of the molecule is CC(C)CNC(=O)C(C)Nc1cc(Cl)cc(C(F)(F)F)c1. The number of carbonyl (C=O) groups excluding carboxylic acids is 1. The molecule has 3 nitrogen and oxygen atoms in total. The first-order valence-corrected chi connectivity index (χ1v) is 6.89. The van der Waals surface area contributed by atoms with Crippen LogP contribution in [-0.4, -0.2) is 18.5 Å². The standard InChI is InChI=1S/C14H18ClF3N2O/c1-8(2)7-19-13(21)9(3)20-12-5-10(14(16,17)18)4-11(15)6-12/h4-6,8-9,20H,7H2,1-3H3,(H,19,21). The lowest BCUT2D eigenvalue weighted by molar-refractivity contribution is -0.137. The van der Waals surface area contributed by atoms with Crippen LogP contribution >= 0.6 is 11.6 Å². The molecule has 1 unspecified atom stereocenters. The van der Waals surface area contributed by atoms with Crippen molar-refractivity contribution in [3.8, 4) is 0 Å². The van der Waals surface area contributed by atoms with E-state index in [1.807, 2.05) is 13.8 Å². The summed E-state index contributed by atoms with van der Waals surface area (Å²) in [7, 11) is 0. The number of anilines is 1. The Hall–Kier alpha value is -1.43. The summed E-state index contributed by atoms with van der Waals surface area (Å²) < 4.78 is 38.1. The van der Waals surface area contributed by atoms with Gasteiger partial charge in [-0.3, -0.25) is 4.79 Å². The van der Waals surface area contributed by atoms with Crippen LogP contribution in [0.4, 0.5) is 18.9 Å². The quantitative estimate of drug-likeness (QED) is 0.862. The predicted molar refractivity (Wildman–Crippen MR) is 77.4 cm³/mol. The van der Waals surface area contributed by atoms with E-state index in [1.54, 1.807) is 6.92 Å². The van der Waals surface area contributed by atoms with Gasteiger partial charge in [-0.1, -0.05) is 25.4 Å². The Morgan fingerprint density at radius 3 is 2.38 bits per heavy atom. The maximum Gasteiger partial charge on any atom is 0.416 e. The van der Waals surface area contributed by atoms with Gasteiger partial charge >= 0.3 is 6.18 Å². The molecule has 0 heterocycles. The molecule has 1 rings (SSSR count). The van der Waals surface area contributed by atoms with Crippen molar-refractivity contribution in [3.63, 3.8) is 0 Å². The summed E-state index contributed by atoms with van der Waals surface area (Å²) in [6.07, 6.45) is -4.48. The highest BCUT2D eigenvalue weighted by Gasteiger charge is 2.31. The smallest absolute Gasteiger partial charge is 0.374 e. The van der Waals surface area contributed by atoms with Gasteiger partial charge in [-0.2, -0.15) is 13.2 Å². The monoisotopic (exact) mass is 322 g/mol. The molecular weight excluding hydrogens is 305 g/mol. The van der Waals surface area contributed by atoms with E-state index in [0.29, 0.717) is 12.5 Å². The van der Waals surface area contributed by atoms with Crippen LogP contribution in [0.2, 0.25) is 5.02 Å². The maximum atomic E-state index is 12.7. The van der Waals surface area contributed by atoms with Gasteiger partial charge in [0.05, 0.1) is 5.56 Å². The average Bonchev–Trinajstić information content (AvgIpc) is 2.33. The Bertz CT molecular complexity index is 503. The Labute approximate surface area is 126 Å². The highest BCUT2D eigenvalue weighted by molar-refractivity contribution is 6.31. The normalized spacial score (nSPS) is 13.1. The molecule has 1 atom stereocenters. The first kappa shape index (κ1) is 17.6. The first-order valence-electron chi connectivity index (χ1n) is 6.51. The Morgan fingerprint density at radius 2 is 1.86 bits per heavy atom. The van der Waals surface area contributed by atoms with E-state index >= 15 is 0 Å². The second-order valence-corrected chi connectivity index (χ2v) is 5.67. The van der Waals surface area contributed by atoms with E-state index in [2.05, 4.69) is 10.6 Å². The van der Waals surface area contributed by atoms with Gasteiger partial charge in [0.15, 0.2) is 0 Å². The summed E-state index contributed by atoms with van der Waals surface area (Å²) in [5.74, 6) is 0.0152. The lowest BCUT2D eigenvalue weighted by Crippen LogP contribution is -2.39. The average molecular weight is 323 g/mol. The van der Waals surface area contributed by atoms with Gasteiger partial charge in [-0.15, -0.1) is 0 Å². The van der Waals surface area contributed by atoms with Crippen LogP contribution in [0, 0.1) is 5.92 Å².